The number of benzene rings is 1. The van der Waals surface area contributed by atoms with Crippen LogP contribution in [0.2, 0.25) is 0 Å². The second kappa shape index (κ2) is 7.14. The first-order valence-corrected chi connectivity index (χ1v) is 8.98. The van der Waals surface area contributed by atoms with Gasteiger partial charge in [0.25, 0.3) is 0 Å². The SMILES string of the molecule is Cc1sc2ncnc(SCC(=O)NNc3ccc(F)cc3)c2c1C. The molecular formula is C16H15FN4OS2. The number of hydrogen-bond donors (Lipinski definition) is 2. The van der Waals surface area contributed by atoms with Gasteiger partial charge in [-0.15, -0.1) is 11.3 Å². The van der Waals surface area contributed by atoms with Gasteiger partial charge < -0.3 is 0 Å². The molecule has 3 rings (SSSR count). The summed E-state index contributed by atoms with van der Waals surface area (Å²) in [5.74, 6) is -0.299. The van der Waals surface area contributed by atoms with E-state index in [-0.39, 0.29) is 17.5 Å². The normalized spacial score (nSPS) is 10.8. The fraction of sp³-hybridized carbons (Fsp3) is 0.188. The highest BCUT2D eigenvalue weighted by Crippen LogP contribution is 2.34. The number of fused-ring (bicyclic) bond motifs is 1. The first-order chi connectivity index (χ1) is 11.5. The first-order valence-electron chi connectivity index (χ1n) is 7.18. The van der Waals surface area contributed by atoms with Crippen molar-refractivity contribution in [3.63, 3.8) is 0 Å². The van der Waals surface area contributed by atoms with Crippen LogP contribution in [0.5, 0.6) is 0 Å². The molecule has 24 heavy (non-hydrogen) atoms. The van der Waals surface area contributed by atoms with E-state index in [1.165, 1.54) is 35.1 Å². The van der Waals surface area contributed by atoms with Crippen LogP contribution >= 0.6 is 23.1 Å². The van der Waals surface area contributed by atoms with Gasteiger partial charge in [0.1, 0.15) is 22.0 Å². The van der Waals surface area contributed by atoms with Gasteiger partial charge in [-0.2, -0.15) is 0 Å². The van der Waals surface area contributed by atoms with Crippen molar-refractivity contribution in [1.82, 2.24) is 15.4 Å². The van der Waals surface area contributed by atoms with E-state index in [2.05, 4.69) is 27.7 Å². The Labute approximate surface area is 146 Å². The number of anilines is 1. The molecule has 0 atom stereocenters. The van der Waals surface area contributed by atoms with Crippen molar-refractivity contribution in [1.29, 1.82) is 0 Å². The van der Waals surface area contributed by atoms with Gasteiger partial charge in [0.2, 0.25) is 5.91 Å². The standard InChI is InChI=1S/C16H15FN4OS2/c1-9-10(2)24-16-14(9)15(18-8-19-16)23-7-13(22)21-20-12-5-3-11(17)4-6-12/h3-6,8,20H,7H2,1-2H3,(H,21,22). The Kier molecular flexibility index (Phi) is 4.96. The zero-order valence-electron chi connectivity index (χ0n) is 13.1. The lowest BCUT2D eigenvalue weighted by Crippen LogP contribution is -2.30. The maximum atomic E-state index is 12.8. The largest absolute Gasteiger partial charge is 0.299 e. The molecule has 1 aromatic carbocycles. The molecule has 0 unspecified atom stereocenters. The molecule has 2 N–H and O–H groups in total. The molecule has 5 nitrogen and oxygen atoms in total. The molecule has 0 aliphatic heterocycles. The molecule has 0 saturated heterocycles. The Morgan fingerprint density at radius 3 is 2.75 bits per heavy atom. The third-order valence-corrected chi connectivity index (χ3v) is 5.57. The summed E-state index contributed by atoms with van der Waals surface area (Å²) in [6, 6.07) is 5.74. The molecule has 0 bridgehead atoms. The summed E-state index contributed by atoms with van der Waals surface area (Å²) < 4.78 is 12.8. The predicted octanol–water partition coefficient (Wildman–Crippen LogP) is 3.68. The molecule has 0 saturated carbocycles. The van der Waals surface area contributed by atoms with Gasteiger partial charge in [-0.25, -0.2) is 14.4 Å². The van der Waals surface area contributed by atoms with Crippen molar-refractivity contribution < 1.29 is 9.18 Å². The van der Waals surface area contributed by atoms with Crippen molar-refractivity contribution in [3.05, 3.63) is 46.9 Å². The third kappa shape index (κ3) is 3.65. The highest BCUT2D eigenvalue weighted by molar-refractivity contribution is 8.00. The Morgan fingerprint density at radius 1 is 1.25 bits per heavy atom. The summed E-state index contributed by atoms with van der Waals surface area (Å²) in [6.45, 7) is 4.09. The van der Waals surface area contributed by atoms with Crippen molar-refractivity contribution in [3.8, 4) is 0 Å². The number of thiophene rings is 1. The van der Waals surface area contributed by atoms with Crippen LogP contribution in [0.1, 0.15) is 10.4 Å². The van der Waals surface area contributed by atoms with E-state index in [1.54, 1.807) is 23.5 Å². The molecule has 0 spiro atoms. The number of hydrogen-bond acceptors (Lipinski definition) is 6. The topological polar surface area (TPSA) is 66.9 Å². The van der Waals surface area contributed by atoms with Crippen LogP contribution in [0.3, 0.4) is 0 Å². The number of amides is 1. The van der Waals surface area contributed by atoms with Crippen LogP contribution in [0.25, 0.3) is 10.2 Å². The fourth-order valence-corrected chi connectivity index (χ4v) is 4.02. The summed E-state index contributed by atoms with van der Waals surface area (Å²) in [6.07, 6.45) is 1.52. The zero-order chi connectivity index (χ0) is 17.1. The van der Waals surface area contributed by atoms with E-state index in [1.807, 2.05) is 6.92 Å². The predicted molar refractivity (Wildman–Crippen MR) is 95.8 cm³/mol. The Hall–Kier alpha value is -2.19. The van der Waals surface area contributed by atoms with Crippen molar-refractivity contribution in [2.24, 2.45) is 0 Å². The number of carbonyl (C=O) groups excluding carboxylic acids is 1. The summed E-state index contributed by atoms with van der Waals surface area (Å²) in [5, 5.41) is 1.82. The van der Waals surface area contributed by atoms with Gasteiger partial charge in [0, 0.05) is 10.3 Å². The number of nitrogens with one attached hydrogen (secondary N) is 2. The number of aromatic nitrogens is 2. The molecular weight excluding hydrogens is 347 g/mol. The lowest BCUT2D eigenvalue weighted by Gasteiger charge is -2.08. The lowest BCUT2D eigenvalue weighted by atomic mass is 10.2. The van der Waals surface area contributed by atoms with Gasteiger partial charge in [0.15, 0.2) is 0 Å². The first kappa shape index (κ1) is 16.7. The van der Waals surface area contributed by atoms with E-state index < -0.39 is 0 Å². The Balaban J connectivity index is 1.61. The second-order valence-corrected chi connectivity index (χ2v) is 7.28. The van der Waals surface area contributed by atoms with E-state index in [0.29, 0.717) is 5.69 Å². The molecule has 0 aliphatic rings. The minimum absolute atomic E-state index is 0.194. The van der Waals surface area contributed by atoms with Gasteiger partial charge in [-0.3, -0.25) is 15.6 Å². The molecule has 1 amide bonds. The van der Waals surface area contributed by atoms with Crippen molar-refractivity contribution >= 4 is 44.9 Å². The fourth-order valence-electron chi connectivity index (χ4n) is 2.10. The maximum absolute atomic E-state index is 12.8. The molecule has 2 aromatic heterocycles. The highest BCUT2D eigenvalue weighted by Gasteiger charge is 2.13. The molecule has 3 aromatic rings. The smallest absolute Gasteiger partial charge is 0.248 e. The van der Waals surface area contributed by atoms with Crippen LogP contribution < -0.4 is 10.9 Å². The van der Waals surface area contributed by atoms with Gasteiger partial charge in [-0.1, -0.05) is 11.8 Å². The van der Waals surface area contributed by atoms with Gasteiger partial charge in [-0.05, 0) is 43.7 Å². The number of aryl methyl sites for hydroxylation is 2. The Bertz CT molecular complexity index is 880. The van der Waals surface area contributed by atoms with E-state index in [9.17, 15) is 9.18 Å². The molecule has 0 radical (unpaired) electrons. The maximum Gasteiger partial charge on any atom is 0.248 e. The highest BCUT2D eigenvalue weighted by atomic mass is 32.2. The number of thioether (sulfide) groups is 1. The van der Waals surface area contributed by atoms with Gasteiger partial charge >= 0.3 is 0 Å². The number of hydrazine groups is 1. The van der Waals surface area contributed by atoms with Crippen molar-refractivity contribution in [2.75, 3.05) is 11.2 Å². The monoisotopic (exact) mass is 362 g/mol. The summed E-state index contributed by atoms with van der Waals surface area (Å²) in [4.78, 5) is 22.7. The Morgan fingerprint density at radius 2 is 2.00 bits per heavy atom. The quantitative estimate of drug-likeness (QED) is 0.412. The third-order valence-electron chi connectivity index (χ3n) is 3.46. The van der Waals surface area contributed by atoms with Crippen LogP contribution in [-0.2, 0) is 4.79 Å². The van der Waals surface area contributed by atoms with Gasteiger partial charge in [0.05, 0.1) is 11.4 Å². The van der Waals surface area contributed by atoms with Crippen LogP contribution in [0.15, 0.2) is 35.6 Å². The molecule has 0 fully saturated rings. The summed E-state index contributed by atoms with van der Waals surface area (Å²) in [7, 11) is 0. The van der Waals surface area contributed by atoms with Crippen LogP contribution in [0, 0.1) is 19.7 Å². The molecule has 124 valence electrons. The van der Waals surface area contributed by atoms with E-state index in [0.717, 1.165) is 20.8 Å². The minimum Gasteiger partial charge on any atom is -0.299 e. The zero-order valence-corrected chi connectivity index (χ0v) is 14.7. The number of carbonyl (C=O) groups is 1. The summed E-state index contributed by atoms with van der Waals surface area (Å²) in [5.41, 5.74) is 7.10. The number of rotatable bonds is 5. The lowest BCUT2D eigenvalue weighted by molar-refractivity contribution is -0.118. The second-order valence-electron chi connectivity index (χ2n) is 5.11. The molecule has 0 aliphatic carbocycles. The average molecular weight is 362 g/mol. The summed E-state index contributed by atoms with van der Waals surface area (Å²) >= 11 is 2.99. The number of halogens is 1. The number of nitrogens with zero attached hydrogens (tertiary/aromatic N) is 2. The minimum atomic E-state index is -0.323. The average Bonchev–Trinajstić information content (AvgIpc) is 2.87. The molecule has 8 heteroatoms. The van der Waals surface area contributed by atoms with Crippen LogP contribution in [-0.4, -0.2) is 21.6 Å². The van der Waals surface area contributed by atoms with Crippen molar-refractivity contribution in [2.45, 2.75) is 18.9 Å². The van der Waals surface area contributed by atoms with Crippen LogP contribution in [0.4, 0.5) is 10.1 Å². The van der Waals surface area contributed by atoms with E-state index >= 15 is 0 Å². The molecule has 2 heterocycles. The van der Waals surface area contributed by atoms with E-state index in [4.69, 9.17) is 0 Å².